The zero-order chi connectivity index (χ0) is 24.9. The number of nitrogens with zero attached hydrogens (tertiary/aromatic N) is 4. The van der Waals surface area contributed by atoms with Gasteiger partial charge in [-0.25, -0.2) is 9.59 Å². The average molecular weight is 473 g/mol. The van der Waals surface area contributed by atoms with Crippen LogP contribution in [0.15, 0.2) is 24.3 Å². The molecule has 0 radical (unpaired) electrons. The van der Waals surface area contributed by atoms with E-state index in [9.17, 15) is 19.2 Å². The lowest BCUT2D eigenvalue weighted by Gasteiger charge is -2.37. The largest absolute Gasteiger partial charge is 0.342 e. The van der Waals surface area contributed by atoms with Crippen molar-refractivity contribution in [3.05, 3.63) is 35.4 Å². The highest BCUT2D eigenvalue weighted by Gasteiger charge is 2.31. The third-order valence-electron chi connectivity index (χ3n) is 6.65. The number of hydrogen-bond acceptors (Lipinski definition) is 4. The summed E-state index contributed by atoms with van der Waals surface area (Å²) in [4.78, 5) is 54.3. The molecule has 186 valence electrons. The molecule has 6 amide bonds. The average Bonchev–Trinajstić information content (AvgIpc) is 2.83. The Morgan fingerprint density at radius 2 is 1.06 bits per heavy atom. The monoisotopic (exact) mass is 472 g/mol. The number of urea groups is 2. The van der Waals surface area contributed by atoms with Gasteiger partial charge in [-0.1, -0.05) is 24.3 Å². The summed E-state index contributed by atoms with van der Waals surface area (Å²) < 4.78 is 0. The molecule has 0 unspecified atom stereocenters. The molecule has 2 heterocycles. The van der Waals surface area contributed by atoms with E-state index in [1.54, 1.807) is 19.6 Å². The van der Waals surface area contributed by atoms with Crippen LogP contribution in [0.5, 0.6) is 0 Å². The Hall–Kier alpha value is -3.30. The van der Waals surface area contributed by atoms with E-state index in [1.807, 2.05) is 52.0 Å². The van der Waals surface area contributed by atoms with Crippen LogP contribution in [0.4, 0.5) is 9.59 Å². The number of rotatable bonds is 6. The number of benzene rings is 1. The minimum Gasteiger partial charge on any atom is -0.342 e. The van der Waals surface area contributed by atoms with E-state index in [1.165, 1.54) is 0 Å². The van der Waals surface area contributed by atoms with Gasteiger partial charge in [-0.2, -0.15) is 0 Å². The Morgan fingerprint density at radius 1 is 0.706 bits per heavy atom. The molecule has 3 rings (SSSR count). The van der Waals surface area contributed by atoms with Crippen LogP contribution in [0.2, 0.25) is 0 Å². The minimum absolute atomic E-state index is 0.164. The third kappa shape index (κ3) is 5.98. The van der Waals surface area contributed by atoms with Crippen LogP contribution >= 0.6 is 0 Å². The van der Waals surface area contributed by atoms with Crippen molar-refractivity contribution in [3.63, 3.8) is 0 Å². The van der Waals surface area contributed by atoms with Crippen LogP contribution in [0, 0.1) is 0 Å². The quantitative estimate of drug-likeness (QED) is 0.606. The lowest BCUT2D eigenvalue weighted by molar-refractivity contribution is -0.120. The highest BCUT2D eigenvalue weighted by atomic mass is 16.2. The fourth-order valence-electron chi connectivity index (χ4n) is 4.19. The van der Waals surface area contributed by atoms with Crippen LogP contribution in [-0.2, 0) is 20.7 Å². The normalized spacial score (nSPS) is 17.3. The molecule has 0 aromatic heterocycles. The molecular formula is C24H36N6O4. The Labute approximate surface area is 201 Å². The number of carbonyl (C=O) groups is 4. The Kier molecular flexibility index (Phi) is 7.68. The van der Waals surface area contributed by atoms with Gasteiger partial charge in [0.25, 0.3) is 0 Å². The Bertz CT molecular complexity index is 833. The van der Waals surface area contributed by atoms with Gasteiger partial charge < -0.3 is 30.2 Å². The maximum atomic E-state index is 12.8. The summed E-state index contributed by atoms with van der Waals surface area (Å²) in [6, 6.07) is 7.54. The number of hydrogen-bond donors (Lipinski definition) is 2. The molecule has 1 aromatic carbocycles. The summed E-state index contributed by atoms with van der Waals surface area (Å²) in [5.41, 5.74) is 0.568. The Balaban J connectivity index is 1.65. The van der Waals surface area contributed by atoms with Gasteiger partial charge in [0.1, 0.15) is 0 Å². The first-order valence-electron chi connectivity index (χ1n) is 11.7. The zero-order valence-electron chi connectivity index (χ0n) is 20.5. The van der Waals surface area contributed by atoms with E-state index < -0.39 is 11.1 Å². The summed E-state index contributed by atoms with van der Waals surface area (Å²) in [5, 5.41) is 6.21. The number of nitrogens with one attached hydrogen (secondary N) is 2. The smallest absolute Gasteiger partial charge is 0.318 e. The van der Waals surface area contributed by atoms with Gasteiger partial charge in [0.2, 0.25) is 12.8 Å². The first-order chi connectivity index (χ1) is 16.1. The first-order valence-corrected chi connectivity index (χ1v) is 11.7. The standard InChI is InChI=1S/C24H36N6O4/c1-23(2,25-21(33)29-12-8-27(17-31)9-13-29)19-6-5-7-20(16-19)24(3,4)26-22(34)30-14-10-28(18-32)11-15-30/h5-7,16-18H,8-15H2,1-4H3,(H,25,33)(H,26,34). The van der Waals surface area contributed by atoms with Crippen molar-refractivity contribution in [2.45, 2.75) is 38.8 Å². The molecule has 0 aliphatic carbocycles. The van der Waals surface area contributed by atoms with Crippen molar-refractivity contribution in [1.29, 1.82) is 0 Å². The molecule has 0 bridgehead atoms. The second kappa shape index (κ2) is 10.3. The summed E-state index contributed by atoms with van der Waals surface area (Å²) in [6.07, 6.45) is 1.63. The van der Waals surface area contributed by atoms with Crippen LogP contribution in [0.3, 0.4) is 0 Å². The van der Waals surface area contributed by atoms with Crippen LogP contribution in [0.1, 0.15) is 38.8 Å². The SMILES string of the molecule is CC(C)(NC(=O)N1CCN(C=O)CC1)c1cccc(C(C)(C)NC(=O)N2CCN(C=O)CC2)c1. The first kappa shape index (κ1) is 25.3. The van der Waals surface area contributed by atoms with Gasteiger partial charge in [0.15, 0.2) is 0 Å². The van der Waals surface area contributed by atoms with Gasteiger partial charge in [0, 0.05) is 52.4 Å². The summed E-state index contributed by atoms with van der Waals surface area (Å²) in [7, 11) is 0. The van der Waals surface area contributed by atoms with Crippen LogP contribution < -0.4 is 10.6 Å². The lowest BCUT2D eigenvalue weighted by Crippen LogP contribution is -2.55. The zero-order valence-corrected chi connectivity index (χ0v) is 20.5. The maximum absolute atomic E-state index is 12.8. The molecule has 2 saturated heterocycles. The maximum Gasteiger partial charge on any atom is 0.318 e. The highest BCUT2D eigenvalue weighted by Crippen LogP contribution is 2.27. The molecule has 2 aliphatic rings. The molecule has 0 saturated carbocycles. The van der Waals surface area contributed by atoms with E-state index in [0.717, 1.165) is 23.9 Å². The van der Waals surface area contributed by atoms with Crippen molar-refractivity contribution in [1.82, 2.24) is 30.2 Å². The molecule has 1 aromatic rings. The second-order valence-corrected chi connectivity index (χ2v) is 9.95. The molecular weight excluding hydrogens is 436 g/mol. The molecule has 2 N–H and O–H groups in total. The topological polar surface area (TPSA) is 105 Å². The van der Waals surface area contributed by atoms with E-state index in [4.69, 9.17) is 0 Å². The molecule has 10 nitrogen and oxygen atoms in total. The van der Waals surface area contributed by atoms with Crippen LogP contribution in [0.25, 0.3) is 0 Å². The van der Waals surface area contributed by atoms with Crippen molar-refractivity contribution in [2.75, 3.05) is 52.4 Å². The fraction of sp³-hybridized carbons (Fsp3) is 0.583. The van der Waals surface area contributed by atoms with Gasteiger partial charge >= 0.3 is 12.1 Å². The van der Waals surface area contributed by atoms with E-state index in [0.29, 0.717) is 52.4 Å². The van der Waals surface area contributed by atoms with Crippen LogP contribution in [-0.4, -0.2) is 96.8 Å². The van der Waals surface area contributed by atoms with Gasteiger partial charge in [-0.15, -0.1) is 0 Å². The third-order valence-corrected chi connectivity index (χ3v) is 6.65. The van der Waals surface area contributed by atoms with Crippen molar-refractivity contribution in [2.24, 2.45) is 0 Å². The van der Waals surface area contributed by atoms with E-state index in [2.05, 4.69) is 10.6 Å². The van der Waals surface area contributed by atoms with Crippen molar-refractivity contribution < 1.29 is 19.2 Å². The lowest BCUT2D eigenvalue weighted by atomic mass is 9.87. The minimum atomic E-state index is -0.639. The molecule has 2 fully saturated rings. The summed E-state index contributed by atoms with van der Waals surface area (Å²) >= 11 is 0. The van der Waals surface area contributed by atoms with E-state index >= 15 is 0 Å². The fourth-order valence-corrected chi connectivity index (χ4v) is 4.19. The summed E-state index contributed by atoms with van der Waals surface area (Å²) in [5.74, 6) is 0. The number of carbonyl (C=O) groups excluding carboxylic acids is 4. The molecule has 34 heavy (non-hydrogen) atoms. The predicted molar refractivity (Wildman–Crippen MR) is 128 cm³/mol. The van der Waals surface area contributed by atoms with E-state index in [-0.39, 0.29) is 12.1 Å². The molecule has 0 spiro atoms. The number of piperazine rings is 2. The van der Waals surface area contributed by atoms with Crippen molar-refractivity contribution >= 4 is 24.9 Å². The molecule has 2 aliphatic heterocycles. The molecule has 0 atom stereocenters. The second-order valence-electron chi connectivity index (χ2n) is 9.95. The van der Waals surface area contributed by atoms with Gasteiger partial charge in [-0.3, -0.25) is 9.59 Å². The predicted octanol–water partition coefficient (Wildman–Crippen LogP) is 1.12. The highest BCUT2D eigenvalue weighted by molar-refractivity contribution is 5.76. The summed E-state index contributed by atoms with van der Waals surface area (Å²) in [6.45, 7) is 11.9. The van der Waals surface area contributed by atoms with Gasteiger partial charge in [-0.05, 0) is 38.8 Å². The van der Waals surface area contributed by atoms with Gasteiger partial charge in [0.05, 0.1) is 11.1 Å². The van der Waals surface area contributed by atoms with Crippen molar-refractivity contribution in [3.8, 4) is 0 Å². The Morgan fingerprint density at radius 3 is 1.38 bits per heavy atom. The number of amides is 6. The molecule has 10 heteroatoms.